The third kappa shape index (κ3) is 6.41. The molecule has 0 radical (unpaired) electrons. The van der Waals surface area contributed by atoms with Gasteiger partial charge in [-0.2, -0.15) is 0 Å². The van der Waals surface area contributed by atoms with E-state index >= 15 is 0 Å². The minimum absolute atomic E-state index is 0.00428. The van der Waals surface area contributed by atoms with Crippen molar-refractivity contribution in [1.29, 1.82) is 0 Å². The first-order chi connectivity index (χ1) is 13.2. The molecular formula is C19H22FNO6S. The number of aliphatic carboxylic acids is 1. The lowest BCUT2D eigenvalue weighted by Crippen LogP contribution is -2.13. The lowest BCUT2D eigenvalue weighted by atomic mass is 10.3. The predicted octanol–water partition coefficient (Wildman–Crippen LogP) is 3.66. The van der Waals surface area contributed by atoms with Crippen molar-refractivity contribution in [3.05, 3.63) is 48.3 Å². The molecule has 2 rings (SSSR count). The Morgan fingerprint density at radius 2 is 1.86 bits per heavy atom. The van der Waals surface area contributed by atoms with Gasteiger partial charge < -0.3 is 14.6 Å². The molecule has 0 fully saturated rings. The number of sulfonamides is 1. The van der Waals surface area contributed by atoms with Gasteiger partial charge in [0.2, 0.25) is 0 Å². The van der Waals surface area contributed by atoms with Crippen molar-refractivity contribution in [2.75, 3.05) is 11.3 Å². The lowest BCUT2D eigenvalue weighted by Gasteiger charge is -2.12. The minimum atomic E-state index is -3.99. The van der Waals surface area contributed by atoms with Crippen LogP contribution in [-0.2, 0) is 14.8 Å². The number of ether oxygens (including phenoxy) is 2. The van der Waals surface area contributed by atoms with E-state index in [1.807, 2.05) is 13.8 Å². The first-order valence-electron chi connectivity index (χ1n) is 8.61. The van der Waals surface area contributed by atoms with Crippen LogP contribution in [-0.4, -0.2) is 32.2 Å². The van der Waals surface area contributed by atoms with E-state index in [2.05, 4.69) is 4.72 Å². The number of rotatable bonds is 10. The Labute approximate surface area is 163 Å². The van der Waals surface area contributed by atoms with Crippen LogP contribution in [0.4, 0.5) is 10.1 Å². The fourth-order valence-electron chi connectivity index (χ4n) is 2.26. The fourth-order valence-corrected chi connectivity index (χ4v) is 3.33. The summed E-state index contributed by atoms with van der Waals surface area (Å²) in [6, 6.07) is 9.62. The number of benzene rings is 2. The summed E-state index contributed by atoms with van der Waals surface area (Å²) in [6.45, 7) is 3.77. The molecule has 0 saturated carbocycles. The molecule has 0 unspecified atom stereocenters. The van der Waals surface area contributed by atoms with Gasteiger partial charge in [-0.25, -0.2) is 12.8 Å². The molecule has 0 aliphatic carbocycles. The molecule has 2 aromatic rings. The Bertz CT molecular complexity index is 913. The van der Waals surface area contributed by atoms with Gasteiger partial charge in [0, 0.05) is 12.1 Å². The fraction of sp³-hybridized carbons (Fsp3) is 0.316. The number of carbonyl (C=O) groups is 1. The Balaban J connectivity index is 2.04. The highest BCUT2D eigenvalue weighted by Gasteiger charge is 2.17. The van der Waals surface area contributed by atoms with Crippen LogP contribution in [0.5, 0.6) is 11.5 Å². The Kier molecular flexibility index (Phi) is 7.22. The molecule has 28 heavy (non-hydrogen) atoms. The minimum Gasteiger partial charge on any atom is -0.491 e. The van der Waals surface area contributed by atoms with E-state index in [1.54, 1.807) is 24.3 Å². The lowest BCUT2D eigenvalue weighted by molar-refractivity contribution is -0.137. The standard InChI is InChI=1S/C19H22FNO6S/c1-13(2)27-15-7-5-14(6-8-15)21-28(24,25)16-9-10-18(17(20)12-16)26-11-3-4-19(22)23/h5-10,12-13,21H,3-4,11H2,1-2H3,(H,22,23). The van der Waals surface area contributed by atoms with Crippen molar-refractivity contribution in [3.63, 3.8) is 0 Å². The topological polar surface area (TPSA) is 102 Å². The zero-order chi connectivity index (χ0) is 20.7. The summed E-state index contributed by atoms with van der Waals surface area (Å²) >= 11 is 0. The Morgan fingerprint density at radius 3 is 2.43 bits per heavy atom. The molecule has 0 saturated heterocycles. The number of hydrogen-bond donors (Lipinski definition) is 2. The number of anilines is 1. The zero-order valence-corrected chi connectivity index (χ0v) is 16.3. The third-order valence-corrected chi connectivity index (χ3v) is 4.86. The summed E-state index contributed by atoms with van der Waals surface area (Å²) < 4.78 is 52.0. The summed E-state index contributed by atoms with van der Waals surface area (Å²) in [4.78, 5) is 10.2. The van der Waals surface area contributed by atoms with E-state index in [-0.39, 0.29) is 36.2 Å². The van der Waals surface area contributed by atoms with Gasteiger partial charge in [0.1, 0.15) is 5.75 Å². The molecule has 7 nitrogen and oxygen atoms in total. The number of carboxylic acid groups (broad SMARTS) is 1. The van der Waals surface area contributed by atoms with E-state index in [1.165, 1.54) is 12.1 Å². The molecule has 0 atom stereocenters. The van der Waals surface area contributed by atoms with Crippen molar-refractivity contribution in [3.8, 4) is 11.5 Å². The second-order valence-corrected chi connectivity index (χ2v) is 7.92. The van der Waals surface area contributed by atoms with Crippen molar-refractivity contribution in [2.24, 2.45) is 0 Å². The van der Waals surface area contributed by atoms with Crippen LogP contribution in [0.2, 0.25) is 0 Å². The molecule has 0 aromatic heterocycles. The largest absolute Gasteiger partial charge is 0.491 e. The molecule has 0 spiro atoms. The predicted molar refractivity (Wildman–Crippen MR) is 102 cm³/mol. The van der Waals surface area contributed by atoms with Crippen LogP contribution >= 0.6 is 0 Å². The van der Waals surface area contributed by atoms with Crippen LogP contribution in [0.1, 0.15) is 26.7 Å². The maximum absolute atomic E-state index is 14.1. The van der Waals surface area contributed by atoms with E-state index in [0.717, 1.165) is 6.07 Å². The maximum Gasteiger partial charge on any atom is 0.303 e. The number of carboxylic acids is 1. The second-order valence-electron chi connectivity index (χ2n) is 6.23. The van der Waals surface area contributed by atoms with Gasteiger partial charge in [-0.1, -0.05) is 0 Å². The summed E-state index contributed by atoms with van der Waals surface area (Å²) in [6.07, 6.45) is 0.113. The molecule has 0 bridgehead atoms. The van der Waals surface area contributed by atoms with Crippen molar-refractivity contribution < 1.29 is 32.2 Å². The summed E-state index contributed by atoms with van der Waals surface area (Å²) in [7, 11) is -3.99. The van der Waals surface area contributed by atoms with Crippen LogP contribution < -0.4 is 14.2 Å². The van der Waals surface area contributed by atoms with Crippen LogP contribution in [0.25, 0.3) is 0 Å². The first-order valence-corrected chi connectivity index (χ1v) is 10.1. The highest BCUT2D eigenvalue weighted by molar-refractivity contribution is 7.92. The van der Waals surface area contributed by atoms with Gasteiger partial charge in [-0.3, -0.25) is 9.52 Å². The molecule has 0 aliphatic rings. The van der Waals surface area contributed by atoms with Crippen molar-refractivity contribution in [1.82, 2.24) is 0 Å². The summed E-state index contributed by atoms with van der Waals surface area (Å²) in [5.74, 6) is -1.35. The molecule has 9 heteroatoms. The van der Waals surface area contributed by atoms with Gasteiger partial charge in [0.05, 0.1) is 17.6 Å². The Hall–Kier alpha value is -2.81. The summed E-state index contributed by atoms with van der Waals surface area (Å²) in [5, 5.41) is 8.56. The van der Waals surface area contributed by atoms with Gasteiger partial charge in [-0.15, -0.1) is 0 Å². The SMILES string of the molecule is CC(C)Oc1ccc(NS(=O)(=O)c2ccc(OCCCC(=O)O)c(F)c2)cc1. The molecule has 2 aromatic carbocycles. The Morgan fingerprint density at radius 1 is 1.18 bits per heavy atom. The number of halogens is 1. The maximum atomic E-state index is 14.1. The van der Waals surface area contributed by atoms with Gasteiger partial charge in [0.15, 0.2) is 11.6 Å². The van der Waals surface area contributed by atoms with E-state index in [0.29, 0.717) is 11.4 Å². The average molecular weight is 411 g/mol. The smallest absolute Gasteiger partial charge is 0.303 e. The monoisotopic (exact) mass is 411 g/mol. The van der Waals surface area contributed by atoms with Gasteiger partial charge >= 0.3 is 5.97 Å². The molecule has 0 heterocycles. The third-order valence-electron chi connectivity index (χ3n) is 3.48. The van der Waals surface area contributed by atoms with Gasteiger partial charge in [0.25, 0.3) is 10.0 Å². The highest BCUT2D eigenvalue weighted by atomic mass is 32.2. The van der Waals surface area contributed by atoms with Gasteiger partial charge in [-0.05, 0) is 62.7 Å². The molecular weight excluding hydrogens is 389 g/mol. The highest BCUT2D eigenvalue weighted by Crippen LogP contribution is 2.24. The van der Waals surface area contributed by atoms with Crippen LogP contribution in [0, 0.1) is 5.82 Å². The van der Waals surface area contributed by atoms with E-state index < -0.39 is 21.8 Å². The normalized spacial score (nSPS) is 11.3. The average Bonchev–Trinajstić information content (AvgIpc) is 2.60. The molecule has 0 amide bonds. The first kappa shape index (κ1) is 21.5. The van der Waals surface area contributed by atoms with Crippen LogP contribution in [0.3, 0.4) is 0 Å². The number of nitrogens with one attached hydrogen (secondary N) is 1. The molecule has 2 N–H and O–H groups in total. The van der Waals surface area contributed by atoms with E-state index in [4.69, 9.17) is 14.6 Å². The second kappa shape index (κ2) is 9.41. The zero-order valence-electron chi connectivity index (χ0n) is 15.5. The summed E-state index contributed by atoms with van der Waals surface area (Å²) in [5.41, 5.74) is 0.311. The number of hydrogen-bond acceptors (Lipinski definition) is 5. The van der Waals surface area contributed by atoms with E-state index in [9.17, 15) is 17.6 Å². The quantitative estimate of drug-likeness (QED) is 0.579. The molecule has 0 aliphatic heterocycles. The van der Waals surface area contributed by atoms with Crippen molar-refractivity contribution in [2.45, 2.75) is 37.7 Å². The van der Waals surface area contributed by atoms with Crippen molar-refractivity contribution >= 4 is 21.7 Å². The van der Waals surface area contributed by atoms with Crippen LogP contribution in [0.15, 0.2) is 47.4 Å². The molecule has 152 valence electrons.